The van der Waals surface area contributed by atoms with Crippen molar-refractivity contribution < 1.29 is 14.3 Å². The van der Waals surface area contributed by atoms with Gasteiger partial charge in [-0.25, -0.2) is 4.79 Å². The summed E-state index contributed by atoms with van der Waals surface area (Å²) in [6.07, 6.45) is 3.48. The van der Waals surface area contributed by atoms with Crippen LogP contribution in [0.4, 0.5) is 0 Å². The predicted molar refractivity (Wildman–Crippen MR) is 61.2 cm³/mol. The van der Waals surface area contributed by atoms with Crippen LogP contribution in [0.15, 0.2) is 17.1 Å². The number of fused-ring (bicyclic) bond motifs is 1. The monoisotopic (exact) mass is 231 g/mol. The van der Waals surface area contributed by atoms with Crippen LogP contribution in [0.5, 0.6) is 11.5 Å². The summed E-state index contributed by atoms with van der Waals surface area (Å²) >= 11 is 0. The Morgan fingerprint density at radius 1 is 1.29 bits per heavy atom. The van der Waals surface area contributed by atoms with Crippen molar-refractivity contribution in [2.24, 2.45) is 4.99 Å². The van der Waals surface area contributed by atoms with Crippen LogP contribution in [0, 0.1) is 6.92 Å². The van der Waals surface area contributed by atoms with Crippen LogP contribution >= 0.6 is 0 Å². The van der Waals surface area contributed by atoms with E-state index >= 15 is 0 Å². The second-order valence-electron chi connectivity index (χ2n) is 4.55. The molecule has 2 aliphatic rings. The maximum atomic E-state index is 10.5. The Balaban J connectivity index is 2.08. The van der Waals surface area contributed by atoms with Crippen LogP contribution < -0.4 is 9.47 Å². The molecule has 1 aliphatic carbocycles. The van der Waals surface area contributed by atoms with Crippen molar-refractivity contribution in [1.29, 1.82) is 0 Å². The SMILES string of the molecule is Cc1cc(C2(N=C=O)CC2)cc2c1OCCO2. The Bertz CT molecular complexity index is 514. The van der Waals surface area contributed by atoms with Crippen LogP contribution in [-0.2, 0) is 10.3 Å². The van der Waals surface area contributed by atoms with Gasteiger partial charge in [0.25, 0.3) is 0 Å². The van der Waals surface area contributed by atoms with Gasteiger partial charge in [-0.15, -0.1) is 0 Å². The summed E-state index contributed by atoms with van der Waals surface area (Å²) in [7, 11) is 0. The number of nitrogens with zero attached hydrogens (tertiary/aromatic N) is 1. The van der Waals surface area contributed by atoms with Gasteiger partial charge in [0.2, 0.25) is 6.08 Å². The minimum atomic E-state index is -0.345. The molecule has 0 unspecified atom stereocenters. The largest absolute Gasteiger partial charge is 0.486 e. The van der Waals surface area contributed by atoms with Crippen molar-refractivity contribution >= 4 is 6.08 Å². The molecular weight excluding hydrogens is 218 g/mol. The first-order valence-electron chi connectivity index (χ1n) is 5.75. The fourth-order valence-corrected chi connectivity index (χ4v) is 2.27. The number of benzene rings is 1. The summed E-state index contributed by atoms with van der Waals surface area (Å²) in [4.78, 5) is 14.4. The number of aryl methyl sites for hydroxylation is 1. The fraction of sp³-hybridized carbons (Fsp3) is 0.462. The number of carbonyl (C=O) groups excluding carboxylic acids is 1. The Morgan fingerprint density at radius 3 is 2.76 bits per heavy atom. The highest BCUT2D eigenvalue weighted by Crippen LogP contribution is 2.51. The third-order valence-electron chi connectivity index (χ3n) is 3.35. The van der Waals surface area contributed by atoms with E-state index < -0.39 is 0 Å². The van der Waals surface area contributed by atoms with E-state index in [0.717, 1.165) is 35.5 Å². The van der Waals surface area contributed by atoms with E-state index in [1.807, 2.05) is 19.1 Å². The van der Waals surface area contributed by atoms with Crippen LogP contribution in [0.25, 0.3) is 0 Å². The Hall–Kier alpha value is -1.80. The van der Waals surface area contributed by atoms with Gasteiger partial charge in [0.15, 0.2) is 11.5 Å². The van der Waals surface area contributed by atoms with Crippen LogP contribution in [-0.4, -0.2) is 19.3 Å². The van der Waals surface area contributed by atoms with Gasteiger partial charge in [0, 0.05) is 0 Å². The zero-order valence-electron chi connectivity index (χ0n) is 9.66. The molecule has 17 heavy (non-hydrogen) atoms. The molecule has 1 aromatic carbocycles. The smallest absolute Gasteiger partial charge is 0.235 e. The Kier molecular flexibility index (Phi) is 2.20. The average Bonchev–Trinajstić information content (AvgIpc) is 3.11. The average molecular weight is 231 g/mol. The molecule has 88 valence electrons. The van der Waals surface area contributed by atoms with Crippen LogP contribution in [0.1, 0.15) is 24.0 Å². The van der Waals surface area contributed by atoms with E-state index in [0.29, 0.717) is 13.2 Å². The summed E-state index contributed by atoms with van der Waals surface area (Å²) in [5.74, 6) is 1.57. The molecule has 0 atom stereocenters. The fourth-order valence-electron chi connectivity index (χ4n) is 2.27. The molecule has 3 rings (SSSR count). The van der Waals surface area contributed by atoms with E-state index in [2.05, 4.69) is 4.99 Å². The summed E-state index contributed by atoms with van der Waals surface area (Å²) < 4.78 is 11.2. The van der Waals surface area contributed by atoms with Crippen molar-refractivity contribution in [3.63, 3.8) is 0 Å². The standard InChI is InChI=1S/C13H13NO3/c1-9-6-10(13(2-3-13)14-8-15)7-11-12(9)17-5-4-16-11/h6-7H,2-5H2,1H3. The van der Waals surface area contributed by atoms with Gasteiger partial charge in [-0.05, 0) is 43.0 Å². The highest BCUT2D eigenvalue weighted by Gasteiger charge is 2.45. The molecule has 0 bridgehead atoms. The second-order valence-corrected chi connectivity index (χ2v) is 4.55. The Morgan fingerprint density at radius 2 is 2.06 bits per heavy atom. The highest BCUT2D eigenvalue weighted by atomic mass is 16.6. The van der Waals surface area contributed by atoms with Gasteiger partial charge in [-0.3, -0.25) is 0 Å². The van der Waals surface area contributed by atoms with Crippen molar-refractivity contribution in [1.82, 2.24) is 0 Å². The maximum absolute atomic E-state index is 10.5. The zero-order chi connectivity index (χ0) is 11.9. The van der Waals surface area contributed by atoms with Crippen molar-refractivity contribution in [3.05, 3.63) is 23.3 Å². The van der Waals surface area contributed by atoms with Gasteiger partial charge in [-0.1, -0.05) is 0 Å². The van der Waals surface area contributed by atoms with Crippen molar-refractivity contribution in [3.8, 4) is 11.5 Å². The molecule has 0 saturated heterocycles. The number of rotatable bonds is 2. The van der Waals surface area contributed by atoms with Gasteiger partial charge in [0.1, 0.15) is 13.2 Å². The molecule has 1 fully saturated rings. The number of ether oxygens (including phenoxy) is 2. The zero-order valence-corrected chi connectivity index (χ0v) is 9.66. The number of aliphatic imine (C=N–C) groups is 1. The molecular formula is C13H13NO3. The van der Waals surface area contributed by atoms with Crippen LogP contribution in [0.3, 0.4) is 0 Å². The third kappa shape index (κ3) is 1.61. The molecule has 0 N–H and O–H groups in total. The van der Waals surface area contributed by atoms with E-state index in [4.69, 9.17) is 9.47 Å². The van der Waals surface area contributed by atoms with E-state index in [9.17, 15) is 4.79 Å². The maximum Gasteiger partial charge on any atom is 0.235 e. The molecule has 0 aromatic heterocycles. The Labute approximate surface area is 99.3 Å². The lowest BCUT2D eigenvalue weighted by atomic mass is 10.0. The lowest BCUT2D eigenvalue weighted by Crippen LogP contribution is -2.17. The first-order chi connectivity index (χ1) is 8.25. The third-order valence-corrected chi connectivity index (χ3v) is 3.35. The first-order valence-corrected chi connectivity index (χ1v) is 5.75. The molecule has 4 nitrogen and oxygen atoms in total. The predicted octanol–water partition coefficient (Wildman–Crippen LogP) is 2.09. The molecule has 1 aliphatic heterocycles. The molecule has 0 spiro atoms. The van der Waals surface area contributed by atoms with E-state index in [1.54, 1.807) is 6.08 Å². The topological polar surface area (TPSA) is 47.9 Å². The molecule has 1 saturated carbocycles. The normalized spacial score (nSPS) is 19.4. The minimum Gasteiger partial charge on any atom is -0.486 e. The van der Waals surface area contributed by atoms with Crippen molar-refractivity contribution in [2.75, 3.05) is 13.2 Å². The first kappa shape index (κ1) is 10.4. The summed E-state index contributed by atoms with van der Waals surface area (Å²) in [6.45, 7) is 3.14. The van der Waals surface area contributed by atoms with Gasteiger partial charge >= 0.3 is 0 Å². The molecule has 0 radical (unpaired) electrons. The number of isocyanates is 1. The summed E-state index contributed by atoms with van der Waals surface area (Å²) in [5, 5.41) is 0. The molecule has 0 amide bonds. The molecule has 1 heterocycles. The van der Waals surface area contributed by atoms with Gasteiger partial charge in [0.05, 0.1) is 5.54 Å². The number of hydrogen-bond acceptors (Lipinski definition) is 4. The van der Waals surface area contributed by atoms with Crippen molar-refractivity contribution in [2.45, 2.75) is 25.3 Å². The highest BCUT2D eigenvalue weighted by molar-refractivity contribution is 5.53. The van der Waals surface area contributed by atoms with Crippen LogP contribution in [0.2, 0.25) is 0 Å². The van der Waals surface area contributed by atoms with Gasteiger partial charge in [-0.2, -0.15) is 4.99 Å². The van der Waals surface area contributed by atoms with E-state index in [1.165, 1.54) is 0 Å². The summed E-state index contributed by atoms with van der Waals surface area (Å²) in [6, 6.07) is 3.97. The summed E-state index contributed by atoms with van der Waals surface area (Å²) in [5.41, 5.74) is 1.72. The lowest BCUT2D eigenvalue weighted by Gasteiger charge is -2.22. The lowest BCUT2D eigenvalue weighted by molar-refractivity contribution is 0.170. The second kappa shape index (κ2) is 3.60. The molecule has 1 aromatic rings. The van der Waals surface area contributed by atoms with E-state index in [-0.39, 0.29) is 5.54 Å². The minimum absolute atomic E-state index is 0.345. The quantitative estimate of drug-likeness (QED) is 0.578. The number of hydrogen-bond donors (Lipinski definition) is 0. The van der Waals surface area contributed by atoms with Gasteiger partial charge < -0.3 is 9.47 Å². The molecule has 4 heteroatoms.